The average Bonchev–Trinajstić information content (AvgIpc) is 2.51. The molecule has 1 fully saturated rings. The van der Waals surface area contributed by atoms with Crippen LogP contribution in [-0.2, 0) is 9.53 Å². The van der Waals surface area contributed by atoms with E-state index in [1.165, 1.54) is 32.1 Å². The molecule has 1 unspecified atom stereocenters. The van der Waals surface area contributed by atoms with E-state index < -0.39 is 11.0 Å². The van der Waals surface area contributed by atoms with E-state index in [2.05, 4.69) is 13.8 Å². The van der Waals surface area contributed by atoms with Crippen LogP contribution >= 0.6 is 0 Å². The first-order valence-electron chi connectivity index (χ1n) is 9.96. The van der Waals surface area contributed by atoms with Crippen molar-refractivity contribution in [1.29, 1.82) is 0 Å². The fraction of sp³-hybridized carbons (Fsp3) is 0.952. The van der Waals surface area contributed by atoms with E-state index in [0.29, 0.717) is 12.3 Å². The molecule has 1 aliphatic rings. The van der Waals surface area contributed by atoms with Crippen molar-refractivity contribution in [1.82, 2.24) is 0 Å². The fourth-order valence-electron chi connectivity index (χ4n) is 4.40. The summed E-state index contributed by atoms with van der Waals surface area (Å²) in [6.45, 7) is 13.9. The van der Waals surface area contributed by atoms with Gasteiger partial charge in [0.2, 0.25) is 0 Å². The van der Waals surface area contributed by atoms with Crippen LogP contribution in [0.2, 0.25) is 0 Å². The van der Waals surface area contributed by atoms with Crippen molar-refractivity contribution in [2.24, 2.45) is 17.3 Å². The lowest BCUT2D eigenvalue weighted by Gasteiger charge is -2.45. The molecule has 1 N–H and O–H groups in total. The van der Waals surface area contributed by atoms with E-state index in [0.717, 1.165) is 12.8 Å². The molecule has 3 heteroatoms. The van der Waals surface area contributed by atoms with E-state index in [9.17, 15) is 9.90 Å². The molecule has 0 heterocycles. The molecule has 24 heavy (non-hydrogen) atoms. The molecule has 0 aliphatic heterocycles. The van der Waals surface area contributed by atoms with Gasteiger partial charge in [-0.3, -0.25) is 4.79 Å². The van der Waals surface area contributed by atoms with E-state index in [1.54, 1.807) is 13.8 Å². The number of esters is 1. The van der Waals surface area contributed by atoms with Crippen LogP contribution in [0.5, 0.6) is 0 Å². The molecule has 0 spiro atoms. The molecule has 0 bridgehead atoms. The van der Waals surface area contributed by atoms with E-state index in [4.69, 9.17) is 4.74 Å². The second-order valence-electron chi connectivity index (χ2n) is 9.06. The van der Waals surface area contributed by atoms with E-state index >= 15 is 0 Å². The number of hydrogen-bond acceptors (Lipinski definition) is 3. The molecular weight excluding hydrogens is 300 g/mol. The van der Waals surface area contributed by atoms with Crippen LogP contribution in [0.15, 0.2) is 0 Å². The third-order valence-electron chi connectivity index (χ3n) is 6.38. The van der Waals surface area contributed by atoms with Crippen molar-refractivity contribution < 1.29 is 14.6 Å². The predicted molar refractivity (Wildman–Crippen MR) is 99.8 cm³/mol. The van der Waals surface area contributed by atoms with Gasteiger partial charge in [0.15, 0.2) is 0 Å². The van der Waals surface area contributed by atoms with Crippen LogP contribution in [-0.4, -0.2) is 22.3 Å². The Labute approximate surface area is 149 Å². The van der Waals surface area contributed by atoms with Crippen molar-refractivity contribution in [3.05, 3.63) is 0 Å². The Hall–Kier alpha value is -0.570. The molecule has 1 saturated carbocycles. The molecular formula is C21H40O3. The van der Waals surface area contributed by atoms with Gasteiger partial charge < -0.3 is 9.84 Å². The normalized spacial score (nSPS) is 20.0. The first kappa shape index (κ1) is 21.5. The fourth-order valence-corrected chi connectivity index (χ4v) is 4.40. The minimum absolute atomic E-state index is 0.120. The lowest BCUT2D eigenvalue weighted by atomic mass is 9.70. The minimum atomic E-state index is -0.885. The Morgan fingerprint density at radius 3 is 1.96 bits per heavy atom. The number of ether oxygens (including phenoxy) is 1. The Balaban J connectivity index is 3.04. The zero-order chi connectivity index (χ0) is 18.6. The monoisotopic (exact) mass is 340 g/mol. The summed E-state index contributed by atoms with van der Waals surface area (Å²) in [6.07, 6.45) is 8.29. The maximum Gasteiger partial charge on any atom is 0.312 e. The van der Waals surface area contributed by atoms with E-state index in [-0.39, 0.29) is 17.5 Å². The summed E-state index contributed by atoms with van der Waals surface area (Å²) in [5.74, 6) is 0.465. The van der Waals surface area contributed by atoms with Gasteiger partial charge in [0.1, 0.15) is 5.60 Å². The summed E-state index contributed by atoms with van der Waals surface area (Å²) < 4.78 is 6.30. The van der Waals surface area contributed by atoms with Crippen molar-refractivity contribution in [2.75, 3.05) is 0 Å². The van der Waals surface area contributed by atoms with Crippen LogP contribution < -0.4 is 0 Å². The highest BCUT2D eigenvalue weighted by atomic mass is 16.6. The summed E-state index contributed by atoms with van der Waals surface area (Å²) in [5.41, 5.74) is -1.89. The zero-order valence-electron chi connectivity index (χ0n) is 17.1. The van der Waals surface area contributed by atoms with Gasteiger partial charge in [-0.1, -0.05) is 47.0 Å². The van der Waals surface area contributed by atoms with Gasteiger partial charge in [0, 0.05) is 0 Å². The molecule has 1 aliphatic carbocycles. The van der Waals surface area contributed by atoms with Crippen molar-refractivity contribution >= 4 is 5.97 Å². The molecule has 0 saturated heterocycles. The maximum atomic E-state index is 13.2. The first-order valence-corrected chi connectivity index (χ1v) is 9.96. The topological polar surface area (TPSA) is 46.5 Å². The summed E-state index contributed by atoms with van der Waals surface area (Å²) in [4.78, 5) is 13.2. The smallest absolute Gasteiger partial charge is 0.312 e. The highest BCUT2D eigenvalue weighted by Crippen LogP contribution is 2.43. The van der Waals surface area contributed by atoms with Crippen molar-refractivity contribution in [3.8, 4) is 0 Å². The van der Waals surface area contributed by atoms with Crippen molar-refractivity contribution in [3.63, 3.8) is 0 Å². The molecule has 3 nitrogen and oxygen atoms in total. The summed E-state index contributed by atoms with van der Waals surface area (Å²) in [6, 6.07) is 0. The lowest BCUT2D eigenvalue weighted by molar-refractivity contribution is -0.187. The summed E-state index contributed by atoms with van der Waals surface area (Å²) in [7, 11) is 0. The maximum absolute atomic E-state index is 13.2. The summed E-state index contributed by atoms with van der Waals surface area (Å²) in [5, 5.41) is 10.3. The van der Waals surface area contributed by atoms with Crippen LogP contribution in [0.25, 0.3) is 0 Å². The van der Waals surface area contributed by atoms with E-state index in [1.807, 2.05) is 20.8 Å². The highest BCUT2D eigenvalue weighted by molar-refractivity contribution is 5.77. The number of carbonyl (C=O) groups excluding carboxylic acids is 1. The van der Waals surface area contributed by atoms with Gasteiger partial charge in [0.25, 0.3) is 0 Å². The third kappa shape index (κ3) is 4.97. The average molecular weight is 341 g/mol. The molecule has 1 atom stereocenters. The third-order valence-corrected chi connectivity index (χ3v) is 6.38. The Kier molecular flexibility index (Phi) is 7.34. The largest absolute Gasteiger partial charge is 0.458 e. The number of rotatable bonds is 8. The second kappa shape index (κ2) is 8.21. The number of aliphatic hydroxyl groups is 1. The molecule has 142 valence electrons. The van der Waals surface area contributed by atoms with Crippen LogP contribution in [0.1, 0.15) is 99.8 Å². The van der Waals surface area contributed by atoms with Gasteiger partial charge in [0.05, 0.1) is 11.0 Å². The Morgan fingerprint density at radius 2 is 1.58 bits per heavy atom. The molecule has 0 aromatic carbocycles. The van der Waals surface area contributed by atoms with Crippen LogP contribution in [0.4, 0.5) is 0 Å². The quantitative estimate of drug-likeness (QED) is 0.594. The van der Waals surface area contributed by atoms with Gasteiger partial charge in [-0.05, 0) is 64.7 Å². The highest BCUT2D eigenvalue weighted by Gasteiger charge is 2.47. The van der Waals surface area contributed by atoms with Gasteiger partial charge in [-0.25, -0.2) is 0 Å². The molecule has 0 radical (unpaired) electrons. The molecule has 0 aromatic heterocycles. The minimum Gasteiger partial charge on any atom is -0.458 e. The zero-order valence-corrected chi connectivity index (χ0v) is 17.1. The van der Waals surface area contributed by atoms with Gasteiger partial charge >= 0.3 is 5.97 Å². The SMILES string of the molecule is CCC(CC)(OC(=O)C(C)(CC(C)(C)O)C(C)C)C1CCCCC1. The second-order valence-corrected chi connectivity index (χ2v) is 9.06. The molecule has 0 aromatic rings. The Morgan fingerprint density at radius 1 is 1.08 bits per heavy atom. The van der Waals surface area contributed by atoms with Gasteiger partial charge in [-0.15, -0.1) is 0 Å². The standard InChI is InChI=1S/C21H40O3/c1-8-21(9-2,17-13-11-10-12-14-17)24-18(22)20(7,16(3)4)15-19(5,6)23/h16-17,23H,8-15H2,1-7H3. The lowest BCUT2D eigenvalue weighted by Crippen LogP contribution is -2.49. The number of hydrogen-bond donors (Lipinski definition) is 1. The summed E-state index contributed by atoms with van der Waals surface area (Å²) >= 11 is 0. The molecule has 0 amide bonds. The van der Waals surface area contributed by atoms with Crippen LogP contribution in [0, 0.1) is 17.3 Å². The Bertz CT molecular complexity index is 398. The van der Waals surface area contributed by atoms with Gasteiger partial charge in [-0.2, -0.15) is 0 Å². The first-order chi connectivity index (χ1) is 11.0. The van der Waals surface area contributed by atoms with Crippen molar-refractivity contribution in [2.45, 2.75) is 111 Å². The number of carbonyl (C=O) groups is 1. The van der Waals surface area contributed by atoms with Crippen LogP contribution in [0.3, 0.4) is 0 Å². The predicted octanol–water partition coefficient (Wildman–Crippen LogP) is 5.49. The molecule has 1 rings (SSSR count).